The van der Waals surface area contributed by atoms with Crippen LogP contribution >= 0.6 is 0 Å². The van der Waals surface area contributed by atoms with E-state index in [1.807, 2.05) is 0 Å². The molecule has 0 saturated heterocycles. The molecule has 0 aliphatic heterocycles. The van der Waals surface area contributed by atoms with Gasteiger partial charge in [-0.3, -0.25) is 9.59 Å². The lowest BCUT2D eigenvalue weighted by molar-refractivity contribution is -0.143. The van der Waals surface area contributed by atoms with E-state index in [4.69, 9.17) is 4.74 Å². The van der Waals surface area contributed by atoms with Crippen LogP contribution < -0.4 is 5.32 Å². The summed E-state index contributed by atoms with van der Waals surface area (Å²) in [6.07, 6.45) is 80.2. The summed E-state index contributed by atoms with van der Waals surface area (Å²) in [5.41, 5.74) is 0. The lowest BCUT2D eigenvalue weighted by atomic mass is 10.0. The van der Waals surface area contributed by atoms with E-state index in [9.17, 15) is 19.8 Å². The fraction of sp³-hybridized carbons (Fsp3) is 0.882. The standard InChI is InChI=1S/C68H129NO5/c1-3-5-7-9-11-13-15-17-19-21-23-24-25-26-27-28-29-32-36-40-44-48-52-56-60-66(71)65(64-70)69-67(72)61-57-53-49-45-41-37-33-31-35-39-43-47-51-55-59-63-74-68(73)62-58-54-50-46-42-38-34-30-22-20-18-16-14-12-10-8-6-4-2/h20,22,31,35,39,43,65-66,70-71H,3-19,21,23-30,32-34,36-38,40-42,44-64H2,1-2H3,(H,69,72)/b22-20-,35-31-,43-39-. The number of hydrogen-bond acceptors (Lipinski definition) is 5. The molecule has 3 N–H and O–H groups in total. The molecule has 0 fully saturated rings. The number of carbonyl (C=O) groups is 2. The number of hydrogen-bond donors (Lipinski definition) is 3. The van der Waals surface area contributed by atoms with E-state index >= 15 is 0 Å². The number of ether oxygens (including phenoxy) is 1. The molecule has 0 spiro atoms. The number of aliphatic hydroxyl groups excluding tert-OH is 2. The first-order valence-electron chi connectivity index (χ1n) is 33.3. The number of unbranched alkanes of at least 4 members (excludes halogenated alkanes) is 46. The molecule has 0 aliphatic carbocycles. The highest BCUT2D eigenvalue weighted by molar-refractivity contribution is 5.76. The molecule has 0 heterocycles. The number of nitrogens with one attached hydrogen (secondary N) is 1. The second kappa shape index (κ2) is 63.6. The molecule has 0 bridgehead atoms. The Bertz CT molecular complexity index is 1200. The van der Waals surface area contributed by atoms with Gasteiger partial charge in [-0.25, -0.2) is 0 Å². The predicted octanol–water partition coefficient (Wildman–Crippen LogP) is 21.1. The fourth-order valence-electron chi connectivity index (χ4n) is 10.3. The Morgan fingerprint density at radius 1 is 0.378 bits per heavy atom. The number of allylic oxidation sites excluding steroid dienone is 6. The fourth-order valence-corrected chi connectivity index (χ4v) is 10.3. The van der Waals surface area contributed by atoms with Crippen LogP contribution in [0.3, 0.4) is 0 Å². The molecule has 74 heavy (non-hydrogen) atoms. The van der Waals surface area contributed by atoms with Gasteiger partial charge in [0.15, 0.2) is 0 Å². The number of aliphatic hydroxyl groups is 2. The Kier molecular flexibility index (Phi) is 62.0. The minimum Gasteiger partial charge on any atom is -0.466 e. The van der Waals surface area contributed by atoms with Crippen LogP contribution in [0.15, 0.2) is 36.5 Å². The Hall–Kier alpha value is -1.92. The molecule has 0 aromatic heterocycles. The maximum Gasteiger partial charge on any atom is 0.305 e. The zero-order chi connectivity index (χ0) is 53.6. The van der Waals surface area contributed by atoms with E-state index in [1.54, 1.807) is 0 Å². The van der Waals surface area contributed by atoms with Crippen LogP contribution in [0.25, 0.3) is 0 Å². The second-order valence-corrected chi connectivity index (χ2v) is 22.8. The maximum absolute atomic E-state index is 12.5. The predicted molar refractivity (Wildman–Crippen MR) is 324 cm³/mol. The van der Waals surface area contributed by atoms with Crippen molar-refractivity contribution in [1.82, 2.24) is 5.32 Å². The first-order chi connectivity index (χ1) is 36.5. The smallest absolute Gasteiger partial charge is 0.305 e. The van der Waals surface area contributed by atoms with Crippen LogP contribution in [0.5, 0.6) is 0 Å². The average Bonchev–Trinajstić information content (AvgIpc) is 3.40. The molecular formula is C68H129NO5. The van der Waals surface area contributed by atoms with Gasteiger partial charge in [-0.05, 0) is 83.5 Å². The topological polar surface area (TPSA) is 95.9 Å². The van der Waals surface area contributed by atoms with E-state index in [0.29, 0.717) is 25.9 Å². The monoisotopic (exact) mass is 1040 g/mol. The number of rotatable bonds is 62. The molecule has 0 aromatic carbocycles. The van der Waals surface area contributed by atoms with Gasteiger partial charge in [0.25, 0.3) is 0 Å². The van der Waals surface area contributed by atoms with Gasteiger partial charge in [0.2, 0.25) is 5.91 Å². The molecule has 6 heteroatoms. The Morgan fingerprint density at radius 3 is 1.04 bits per heavy atom. The summed E-state index contributed by atoms with van der Waals surface area (Å²) in [5, 5.41) is 23.4. The molecule has 0 rings (SSSR count). The summed E-state index contributed by atoms with van der Waals surface area (Å²) in [6, 6.07) is -0.560. The first kappa shape index (κ1) is 72.1. The quantitative estimate of drug-likeness (QED) is 0.0244. The van der Waals surface area contributed by atoms with Gasteiger partial charge >= 0.3 is 5.97 Å². The summed E-state index contributed by atoms with van der Waals surface area (Å²) >= 11 is 0. The lowest BCUT2D eigenvalue weighted by Gasteiger charge is -2.22. The van der Waals surface area contributed by atoms with Gasteiger partial charge in [-0.15, -0.1) is 0 Å². The summed E-state index contributed by atoms with van der Waals surface area (Å²) in [4.78, 5) is 24.6. The SMILES string of the molecule is CCCCCCCCC/C=C\CCCCCCCCCC(=O)OCCCCC/C=C\C=C/CCCCCCCCC(=O)NC(CO)C(O)CCCCCCCCCCCCCCCCCCCCCCCCCC. The van der Waals surface area contributed by atoms with Crippen molar-refractivity contribution in [3.63, 3.8) is 0 Å². The van der Waals surface area contributed by atoms with Gasteiger partial charge in [0.1, 0.15) is 0 Å². The zero-order valence-corrected chi connectivity index (χ0v) is 49.8. The highest BCUT2D eigenvalue weighted by Gasteiger charge is 2.20. The first-order valence-corrected chi connectivity index (χ1v) is 33.3. The molecular weight excluding hydrogens is 911 g/mol. The van der Waals surface area contributed by atoms with Crippen LogP contribution in [0.1, 0.15) is 361 Å². The van der Waals surface area contributed by atoms with Gasteiger partial charge in [-0.1, -0.05) is 301 Å². The highest BCUT2D eigenvalue weighted by atomic mass is 16.5. The second-order valence-electron chi connectivity index (χ2n) is 22.8. The lowest BCUT2D eigenvalue weighted by Crippen LogP contribution is -2.45. The minimum absolute atomic E-state index is 0.0237. The van der Waals surface area contributed by atoms with Crippen molar-refractivity contribution in [3.05, 3.63) is 36.5 Å². The van der Waals surface area contributed by atoms with Crippen LogP contribution in [0.2, 0.25) is 0 Å². The van der Waals surface area contributed by atoms with Gasteiger partial charge in [0, 0.05) is 12.8 Å². The minimum atomic E-state index is -0.681. The van der Waals surface area contributed by atoms with E-state index < -0.39 is 12.1 Å². The molecule has 1 amide bonds. The molecule has 436 valence electrons. The third kappa shape index (κ3) is 59.3. The zero-order valence-electron chi connectivity index (χ0n) is 49.8. The highest BCUT2D eigenvalue weighted by Crippen LogP contribution is 2.18. The molecule has 0 aliphatic rings. The van der Waals surface area contributed by atoms with E-state index in [1.165, 1.54) is 250 Å². The largest absolute Gasteiger partial charge is 0.466 e. The van der Waals surface area contributed by atoms with Gasteiger partial charge < -0.3 is 20.3 Å². The Labute approximate surface area is 462 Å². The number of amides is 1. The van der Waals surface area contributed by atoms with Crippen LogP contribution in [-0.4, -0.2) is 47.4 Å². The molecule has 2 unspecified atom stereocenters. The van der Waals surface area contributed by atoms with Crippen LogP contribution in [0.4, 0.5) is 0 Å². The Balaban J connectivity index is 3.49. The van der Waals surface area contributed by atoms with Crippen molar-refractivity contribution in [1.29, 1.82) is 0 Å². The number of carbonyl (C=O) groups excluding carboxylic acids is 2. The van der Waals surface area contributed by atoms with Crippen molar-refractivity contribution in [2.24, 2.45) is 0 Å². The van der Waals surface area contributed by atoms with Crippen LogP contribution in [0, 0.1) is 0 Å². The third-order valence-corrected chi connectivity index (χ3v) is 15.4. The van der Waals surface area contributed by atoms with Gasteiger partial charge in [-0.2, -0.15) is 0 Å². The van der Waals surface area contributed by atoms with Crippen molar-refractivity contribution in [2.75, 3.05) is 13.2 Å². The van der Waals surface area contributed by atoms with E-state index in [-0.39, 0.29) is 18.5 Å². The molecule has 0 saturated carbocycles. The van der Waals surface area contributed by atoms with Crippen molar-refractivity contribution in [3.8, 4) is 0 Å². The number of esters is 1. The molecule has 2 atom stereocenters. The molecule has 0 aromatic rings. The van der Waals surface area contributed by atoms with Gasteiger partial charge in [0.05, 0.1) is 25.4 Å². The summed E-state index contributed by atoms with van der Waals surface area (Å²) < 4.78 is 5.47. The molecule has 0 radical (unpaired) electrons. The summed E-state index contributed by atoms with van der Waals surface area (Å²) in [5.74, 6) is -0.0779. The summed E-state index contributed by atoms with van der Waals surface area (Å²) in [6.45, 7) is 4.92. The normalized spacial score (nSPS) is 12.8. The van der Waals surface area contributed by atoms with E-state index in [0.717, 1.165) is 77.0 Å². The third-order valence-electron chi connectivity index (χ3n) is 15.4. The van der Waals surface area contributed by atoms with Crippen LogP contribution in [-0.2, 0) is 14.3 Å². The van der Waals surface area contributed by atoms with Crippen molar-refractivity contribution < 1.29 is 24.5 Å². The van der Waals surface area contributed by atoms with E-state index in [2.05, 4.69) is 55.6 Å². The average molecular weight is 1040 g/mol. The molecule has 6 nitrogen and oxygen atoms in total. The summed E-state index contributed by atoms with van der Waals surface area (Å²) in [7, 11) is 0. The Morgan fingerprint density at radius 2 is 0.676 bits per heavy atom. The van der Waals surface area contributed by atoms with Crippen molar-refractivity contribution >= 4 is 11.9 Å². The maximum atomic E-state index is 12.5. The van der Waals surface area contributed by atoms with Crippen molar-refractivity contribution in [2.45, 2.75) is 373 Å².